The molecule has 1 aliphatic heterocycles. The van der Waals surface area contributed by atoms with Crippen LogP contribution in [-0.2, 0) is 4.74 Å². The highest BCUT2D eigenvalue weighted by Crippen LogP contribution is 2.30. The van der Waals surface area contributed by atoms with Crippen LogP contribution in [0.2, 0.25) is 0 Å². The minimum absolute atomic E-state index is 0.108. The fraction of sp³-hybridized carbons (Fsp3) is 0.667. The van der Waals surface area contributed by atoms with Gasteiger partial charge in [-0.3, -0.25) is 4.79 Å². The van der Waals surface area contributed by atoms with Crippen LogP contribution < -0.4 is 16.4 Å². The maximum absolute atomic E-state index is 12.2. The lowest BCUT2D eigenvalue weighted by Crippen LogP contribution is -2.30. The molecule has 4 N–H and O–H groups in total. The van der Waals surface area contributed by atoms with E-state index in [1.807, 2.05) is 0 Å². The smallest absolute Gasteiger partial charge is 0.258 e. The summed E-state index contributed by atoms with van der Waals surface area (Å²) in [6, 6.07) is 0.656. The van der Waals surface area contributed by atoms with Crippen molar-refractivity contribution in [1.82, 2.24) is 9.69 Å². The number of anilines is 2. The molecule has 0 aromatic carbocycles. The molecule has 7 heteroatoms. The van der Waals surface area contributed by atoms with Gasteiger partial charge in [-0.15, -0.1) is 0 Å². The van der Waals surface area contributed by atoms with Crippen molar-refractivity contribution in [3.8, 4) is 0 Å². The van der Waals surface area contributed by atoms with Gasteiger partial charge in [-0.1, -0.05) is 0 Å². The van der Waals surface area contributed by atoms with Gasteiger partial charge in [0.1, 0.15) is 10.6 Å². The van der Waals surface area contributed by atoms with E-state index < -0.39 is 0 Å². The molecule has 0 atom stereocenters. The minimum atomic E-state index is -0.108. The molecule has 1 saturated heterocycles. The Morgan fingerprint density at radius 1 is 1.26 bits per heavy atom. The Balaban J connectivity index is 1.71. The summed E-state index contributed by atoms with van der Waals surface area (Å²) in [5.41, 5.74) is 6.32. The molecule has 1 aromatic heterocycles. The van der Waals surface area contributed by atoms with Gasteiger partial charge in [-0.25, -0.2) is 0 Å². The van der Waals surface area contributed by atoms with E-state index in [1.165, 1.54) is 11.5 Å². The van der Waals surface area contributed by atoms with E-state index in [2.05, 4.69) is 15.0 Å². The molecular weight excluding hydrogens is 264 g/mol. The van der Waals surface area contributed by atoms with Crippen molar-refractivity contribution in [2.24, 2.45) is 0 Å². The number of amides is 1. The molecule has 19 heavy (non-hydrogen) atoms. The van der Waals surface area contributed by atoms with Crippen LogP contribution in [0.5, 0.6) is 0 Å². The van der Waals surface area contributed by atoms with Crippen LogP contribution in [0, 0.1) is 0 Å². The maximum Gasteiger partial charge on any atom is 0.258 e. The molecule has 1 aromatic rings. The van der Waals surface area contributed by atoms with Crippen molar-refractivity contribution >= 4 is 28.3 Å². The Kier molecular flexibility index (Phi) is 3.56. The molecule has 1 aliphatic carbocycles. The van der Waals surface area contributed by atoms with Gasteiger partial charge in [0.15, 0.2) is 5.82 Å². The number of carbonyl (C=O) groups excluding carboxylic acids is 1. The zero-order valence-electron chi connectivity index (χ0n) is 10.6. The van der Waals surface area contributed by atoms with Gasteiger partial charge in [0.05, 0.1) is 0 Å². The summed E-state index contributed by atoms with van der Waals surface area (Å²) in [4.78, 5) is 12.2. The van der Waals surface area contributed by atoms with E-state index in [-0.39, 0.29) is 5.91 Å². The standard InChI is InChI=1S/C12H18N4O2S/c13-10-9(11(17)14-7-1-2-7)12(19-16-10)15-8-3-5-18-6-4-8/h7-8,15H,1-6H2,(H2,13,16)(H,14,17). The van der Waals surface area contributed by atoms with Crippen LogP contribution in [-0.4, -0.2) is 35.6 Å². The molecule has 104 valence electrons. The van der Waals surface area contributed by atoms with Gasteiger partial charge in [-0.2, -0.15) is 4.37 Å². The molecule has 1 amide bonds. The Morgan fingerprint density at radius 3 is 2.68 bits per heavy atom. The predicted molar refractivity (Wildman–Crippen MR) is 74.5 cm³/mol. The molecule has 0 bridgehead atoms. The van der Waals surface area contributed by atoms with Crippen molar-refractivity contribution in [3.05, 3.63) is 5.56 Å². The van der Waals surface area contributed by atoms with Crippen molar-refractivity contribution in [2.75, 3.05) is 24.3 Å². The van der Waals surface area contributed by atoms with Gasteiger partial charge in [0.25, 0.3) is 5.91 Å². The zero-order chi connectivity index (χ0) is 13.2. The third kappa shape index (κ3) is 2.98. The van der Waals surface area contributed by atoms with Crippen LogP contribution in [0.15, 0.2) is 0 Å². The Morgan fingerprint density at radius 2 is 2.00 bits per heavy atom. The number of ether oxygens (including phenoxy) is 1. The molecule has 2 fully saturated rings. The van der Waals surface area contributed by atoms with Gasteiger partial charge in [0.2, 0.25) is 0 Å². The number of nitrogens with two attached hydrogens (primary N) is 1. The van der Waals surface area contributed by atoms with Crippen LogP contribution in [0.1, 0.15) is 36.0 Å². The number of rotatable bonds is 4. The Labute approximate surface area is 115 Å². The maximum atomic E-state index is 12.2. The topological polar surface area (TPSA) is 89.3 Å². The summed E-state index contributed by atoms with van der Waals surface area (Å²) in [6.07, 6.45) is 4.01. The average Bonchev–Trinajstić information content (AvgIpc) is 3.14. The van der Waals surface area contributed by atoms with Crippen LogP contribution in [0.3, 0.4) is 0 Å². The first kappa shape index (κ1) is 12.7. The Bertz CT molecular complexity index is 466. The van der Waals surface area contributed by atoms with Crippen molar-refractivity contribution in [2.45, 2.75) is 37.8 Å². The highest BCUT2D eigenvalue weighted by molar-refractivity contribution is 7.11. The first-order valence-electron chi connectivity index (χ1n) is 6.64. The van der Waals surface area contributed by atoms with E-state index in [1.54, 1.807) is 0 Å². The number of hydrogen-bond donors (Lipinski definition) is 3. The van der Waals surface area contributed by atoms with Gasteiger partial charge < -0.3 is 21.1 Å². The number of hydrogen-bond acceptors (Lipinski definition) is 6. The molecule has 0 radical (unpaired) electrons. The molecular formula is C12H18N4O2S. The molecule has 2 aliphatic rings. The highest BCUT2D eigenvalue weighted by atomic mass is 32.1. The summed E-state index contributed by atoms with van der Waals surface area (Å²) in [7, 11) is 0. The Hall–Kier alpha value is -1.34. The minimum Gasteiger partial charge on any atom is -0.382 e. The number of aromatic nitrogens is 1. The van der Waals surface area contributed by atoms with Gasteiger partial charge in [-0.05, 0) is 37.2 Å². The third-order valence-electron chi connectivity index (χ3n) is 3.41. The summed E-state index contributed by atoms with van der Waals surface area (Å²) < 4.78 is 9.42. The second kappa shape index (κ2) is 5.34. The number of nitrogens with zero attached hydrogens (tertiary/aromatic N) is 1. The first-order chi connectivity index (χ1) is 9.24. The lowest BCUT2D eigenvalue weighted by molar-refractivity contribution is 0.0904. The number of carbonyl (C=O) groups is 1. The van der Waals surface area contributed by atoms with Crippen molar-refractivity contribution in [1.29, 1.82) is 0 Å². The number of nitrogen functional groups attached to an aromatic ring is 1. The third-order valence-corrected chi connectivity index (χ3v) is 4.21. The second-order valence-corrected chi connectivity index (χ2v) is 5.82. The quantitative estimate of drug-likeness (QED) is 0.772. The molecule has 0 unspecified atom stereocenters. The molecule has 6 nitrogen and oxygen atoms in total. The zero-order valence-corrected chi connectivity index (χ0v) is 11.5. The fourth-order valence-electron chi connectivity index (χ4n) is 2.13. The van der Waals surface area contributed by atoms with Gasteiger partial charge >= 0.3 is 0 Å². The lowest BCUT2D eigenvalue weighted by Gasteiger charge is -2.23. The van der Waals surface area contributed by atoms with Crippen LogP contribution in [0.4, 0.5) is 10.8 Å². The molecule has 1 saturated carbocycles. The molecule has 3 rings (SSSR count). The number of nitrogens with one attached hydrogen (secondary N) is 2. The SMILES string of the molecule is Nc1nsc(NC2CCOCC2)c1C(=O)NC1CC1. The summed E-state index contributed by atoms with van der Waals surface area (Å²) in [5, 5.41) is 7.12. The van der Waals surface area contributed by atoms with Gasteiger partial charge in [0, 0.05) is 25.3 Å². The van der Waals surface area contributed by atoms with Crippen molar-refractivity contribution < 1.29 is 9.53 Å². The average molecular weight is 282 g/mol. The van der Waals surface area contributed by atoms with E-state index in [0.29, 0.717) is 23.5 Å². The largest absolute Gasteiger partial charge is 0.382 e. The fourth-order valence-corrected chi connectivity index (χ4v) is 2.92. The highest BCUT2D eigenvalue weighted by Gasteiger charge is 2.28. The second-order valence-electron chi connectivity index (χ2n) is 5.05. The first-order valence-corrected chi connectivity index (χ1v) is 7.41. The van der Waals surface area contributed by atoms with E-state index in [9.17, 15) is 4.79 Å². The van der Waals surface area contributed by atoms with Crippen molar-refractivity contribution in [3.63, 3.8) is 0 Å². The predicted octanol–water partition coefficient (Wildman–Crippen LogP) is 1.21. The monoisotopic (exact) mass is 282 g/mol. The normalized spacial score (nSPS) is 20.2. The summed E-state index contributed by atoms with van der Waals surface area (Å²) in [6.45, 7) is 1.52. The lowest BCUT2D eigenvalue weighted by atomic mass is 10.1. The van der Waals surface area contributed by atoms with E-state index in [0.717, 1.165) is 43.9 Å². The van der Waals surface area contributed by atoms with E-state index >= 15 is 0 Å². The van der Waals surface area contributed by atoms with E-state index in [4.69, 9.17) is 10.5 Å². The van der Waals surface area contributed by atoms with Crippen LogP contribution >= 0.6 is 11.5 Å². The summed E-state index contributed by atoms with van der Waals surface area (Å²) in [5.74, 6) is 0.209. The molecule has 2 heterocycles. The summed E-state index contributed by atoms with van der Waals surface area (Å²) >= 11 is 1.26. The molecule has 0 spiro atoms. The van der Waals surface area contributed by atoms with Crippen LogP contribution in [0.25, 0.3) is 0 Å².